The number of anilines is 1. The molecule has 0 bridgehead atoms. The van der Waals surface area contributed by atoms with E-state index in [1.807, 2.05) is 0 Å². The zero-order valence-electron chi connectivity index (χ0n) is 8.61. The molecule has 86 valence electrons. The molecule has 2 N–H and O–H groups in total. The van der Waals surface area contributed by atoms with E-state index in [-0.39, 0.29) is 11.0 Å². The monoisotopic (exact) mass is 293 g/mol. The molecule has 0 atom stereocenters. The van der Waals surface area contributed by atoms with Crippen molar-refractivity contribution >= 4 is 27.7 Å². The Morgan fingerprint density at radius 1 is 1.35 bits per heavy atom. The maximum Gasteiger partial charge on any atom is 0.262 e. The fourth-order valence-corrected chi connectivity index (χ4v) is 1.60. The fraction of sp³-hybridized carbons (Fsp3) is 0. The number of carbonyl (C=O) groups is 1. The van der Waals surface area contributed by atoms with Crippen LogP contribution in [0.3, 0.4) is 0 Å². The third-order valence-corrected chi connectivity index (χ3v) is 2.47. The molecule has 17 heavy (non-hydrogen) atoms. The van der Waals surface area contributed by atoms with Crippen molar-refractivity contribution in [1.82, 2.24) is 9.97 Å². The van der Waals surface area contributed by atoms with E-state index >= 15 is 0 Å². The lowest BCUT2D eigenvalue weighted by Gasteiger charge is -2.03. The maximum absolute atomic E-state index is 11.8. The van der Waals surface area contributed by atoms with Crippen LogP contribution in [0.2, 0.25) is 0 Å². The van der Waals surface area contributed by atoms with E-state index < -0.39 is 5.91 Å². The van der Waals surface area contributed by atoms with Gasteiger partial charge < -0.3 is 10.3 Å². The van der Waals surface area contributed by atoms with Crippen molar-refractivity contribution in [1.29, 1.82) is 0 Å². The van der Waals surface area contributed by atoms with Gasteiger partial charge in [-0.2, -0.15) is 0 Å². The van der Waals surface area contributed by atoms with Crippen molar-refractivity contribution in [3.63, 3.8) is 0 Å². The van der Waals surface area contributed by atoms with Crippen LogP contribution in [0.5, 0.6) is 0 Å². The highest BCUT2D eigenvalue weighted by Crippen LogP contribution is 2.10. The third kappa shape index (κ3) is 2.79. The number of pyridine rings is 2. The van der Waals surface area contributed by atoms with E-state index in [1.54, 1.807) is 18.2 Å². The number of amides is 1. The Bertz CT molecular complexity index is 609. The number of nitrogens with zero attached hydrogens (tertiary/aromatic N) is 1. The largest absolute Gasteiger partial charge is 0.367 e. The van der Waals surface area contributed by atoms with E-state index in [9.17, 15) is 9.59 Å². The Hall–Kier alpha value is -1.95. The first kappa shape index (κ1) is 11.5. The summed E-state index contributed by atoms with van der Waals surface area (Å²) in [7, 11) is 0. The molecule has 0 aliphatic heterocycles. The van der Waals surface area contributed by atoms with Crippen LogP contribution in [0.1, 0.15) is 10.4 Å². The topological polar surface area (TPSA) is 74.8 Å². The van der Waals surface area contributed by atoms with Crippen LogP contribution in [-0.4, -0.2) is 15.9 Å². The number of hydrogen-bond acceptors (Lipinski definition) is 3. The Labute approximate surface area is 105 Å². The Balaban J connectivity index is 2.23. The standard InChI is InChI=1S/C11H8BrN3O2/c12-9-2-1-3-10(14-9)15-11(17)7-6-13-5-4-8(7)16/h1-6H,(H,13,16)(H,14,15,17). The lowest BCUT2D eigenvalue weighted by atomic mass is 10.2. The van der Waals surface area contributed by atoms with E-state index in [2.05, 4.69) is 31.2 Å². The quantitative estimate of drug-likeness (QED) is 0.829. The van der Waals surface area contributed by atoms with Gasteiger partial charge in [-0.1, -0.05) is 6.07 Å². The second-order valence-corrected chi connectivity index (χ2v) is 4.03. The summed E-state index contributed by atoms with van der Waals surface area (Å²) in [5.74, 6) is -0.106. The molecule has 0 fully saturated rings. The van der Waals surface area contributed by atoms with E-state index in [0.717, 1.165) is 0 Å². The number of hydrogen-bond donors (Lipinski definition) is 2. The molecule has 0 aliphatic carbocycles. The minimum atomic E-state index is -0.488. The lowest BCUT2D eigenvalue weighted by molar-refractivity contribution is 0.102. The molecule has 0 radical (unpaired) electrons. The Morgan fingerprint density at radius 3 is 2.88 bits per heavy atom. The number of halogens is 1. The van der Waals surface area contributed by atoms with Gasteiger partial charge >= 0.3 is 0 Å². The second kappa shape index (κ2) is 4.92. The highest BCUT2D eigenvalue weighted by molar-refractivity contribution is 9.10. The first-order valence-corrected chi connectivity index (χ1v) is 5.57. The summed E-state index contributed by atoms with van der Waals surface area (Å²) in [6.07, 6.45) is 2.83. The van der Waals surface area contributed by atoms with Crippen LogP contribution >= 0.6 is 15.9 Å². The fourth-order valence-electron chi connectivity index (χ4n) is 1.26. The van der Waals surface area contributed by atoms with Crippen LogP contribution in [0, 0.1) is 0 Å². The van der Waals surface area contributed by atoms with Gasteiger partial charge in [0.1, 0.15) is 16.0 Å². The number of rotatable bonds is 2. The number of carbonyl (C=O) groups excluding carboxylic acids is 1. The summed E-state index contributed by atoms with van der Waals surface area (Å²) in [4.78, 5) is 29.9. The van der Waals surface area contributed by atoms with Gasteiger partial charge in [0, 0.05) is 18.5 Å². The van der Waals surface area contributed by atoms with Gasteiger partial charge in [0.15, 0.2) is 5.43 Å². The predicted octanol–water partition coefficient (Wildman–Crippen LogP) is 1.78. The molecule has 0 aromatic carbocycles. The number of nitrogens with one attached hydrogen (secondary N) is 2. The van der Waals surface area contributed by atoms with E-state index in [1.165, 1.54) is 18.5 Å². The third-order valence-electron chi connectivity index (χ3n) is 2.03. The molecule has 2 heterocycles. The lowest BCUT2D eigenvalue weighted by Crippen LogP contribution is -2.21. The summed E-state index contributed by atoms with van der Waals surface area (Å²) in [5.41, 5.74) is -0.287. The van der Waals surface area contributed by atoms with Crippen molar-refractivity contribution in [2.75, 3.05) is 5.32 Å². The molecule has 0 saturated heterocycles. The zero-order valence-corrected chi connectivity index (χ0v) is 10.2. The van der Waals surface area contributed by atoms with Crippen LogP contribution in [0.25, 0.3) is 0 Å². The molecular weight excluding hydrogens is 286 g/mol. The second-order valence-electron chi connectivity index (χ2n) is 3.22. The van der Waals surface area contributed by atoms with Crippen molar-refractivity contribution in [2.24, 2.45) is 0 Å². The van der Waals surface area contributed by atoms with Crippen LogP contribution < -0.4 is 10.7 Å². The Morgan fingerprint density at radius 2 is 2.18 bits per heavy atom. The molecule has 2 aromatic rings. The summed E-state index contributed by atoms with van der Waals surface area (Å²) in [6, 6.07) is 6.41. The van der Waals surface area contributed by atoms with Crippen LogP contribution in [-0.2, 0) is 0 Å². The van der Waals surface area contributed by atoms with E-state index in [4.69, 9.17) is 0 Å². The SMILES string of the molecule is O=C(Nc1cccc(Br)n1)c1c[nH]ccc1=O. The normalized spacial score (nSPS) is 9.94. The van der Waals surface area contributed by atoms with Crippen LogP contribution in [0.15, 0.2) is 46.1 Å². The first-order chi connectivity index (χ1) is 8.16. The average molecular weight is 294 g/mol. The molecule has 5 nitrogen and oxygen atoms in total. The summed E-state index contributed by atoms with van der Waals surface area (Å²) in [5, 5.41) is 2.54. The number of aromatic nitrogens is 2. The van der Waals surface area contributed by atoms with Gasteiger partial charge in [0.25, 0.3) is 5.91 Å². The van der Waals surface area contributed by atoms with Gasteiger partial charge in [-0.05, 0) is 28.1 Å². The molecule has 2 aromatic heterocycles. The molecule has 0 aliphatic rings. The van der Waals surface area contributed by atoms with Gasteiger partial charge in [-0.3, -0.25) is 9.59 Å². The molecule has 2 rings (SSSR count). The highest BCUT2D eigenvalue weighted by atomic mass is 79.9. The summed E-state index contributed by atoms with van der Waals surface area (Å²) < 4.78 is 0.609. The highest BCUT2D eigenvalue weighted by Gasteiger charge is 2.10. The zero-order chi connectivity index (χ0) is 12.3. The minimum Gasteiger partial charge on any atom is -0.367 e. The Kier molecular flexibility index (Phi) is 3.34. The van der Waals surface area contributed by atoms with Crippen molar-refractivity contribution in [2.45, 2.75) is 0 Å². The molecule has 0 unspecified atom stereocenters. The van der Waals surface area contributed by atoms with Crippen molar-refractivity contribution < 1.29 is 4.79 Å². The van der Waals surface area contributed by atoms with Crippen molar-refractivity contribution in [3.05, 3.63) is 57.0 Å². The summed E-state index contributed by atoms with van der Waals surface area (Å²) >= 11 is 3.19. The minimum absolute atomic E-state index is 0.0503. The van der Waals surface area contributed by atoms with Gasteiger partial charge in [-0.25, -0.2) is 4.98 Å². The molecule has 1 amide bonds. The van der Waals surface area contributed by atoms with Crippen molar-refractivity contribution in [3.8, 4) is 0 Å². The maximum atomic E-state index is 11.8. The first-order valence-electron chi connectivity index (χ1n) is 4.78. The average Bonchev–Trinajstić information content (AvgIpc) is 2.29. The van der Waals surface area contributed by atoms with Gasteiger partial charge in [0.2, 0.25) is 0 Å². The van der Waals surface area contributed by atoms with Gasteiger partial charge in [0.05, 0.1) is 0 Å². The molecule has 6 heteroatoms. The smallest absolute Gasteiger partial charge is 0.262 e. The molecule has 0 saturated carbocycles. The number of aromatic amines is 1. The van der Waals surface area contributed by atoms with E-state index in [0.29, 0.717) is 10.4 Å². The number of H-pyrrole nitrogens is 1. The van der Waals surface area contributed by atoms with Gasteiger partial charge in [-0.15, -0.1) is 0 Å². The van der Waals surface area contributed by atoms with Crippen LogP contribution in [0.4, 0.5) is 5.82 Å². The predicted molar refractivity (Wildman–Crippen MR) is 67.0 cm³/mol. The summed E-state index contributed by atoms with van der Waals surface area (Å²) in [6.45, 7) is 0. The molecular formula is C11H8BrN3O2. The molecule has 0 spiro atoms.